The fraction of sp³-hybridized carbons (Fsp3) is 0.250. The first-order valence-corrected chi connectivity index (χ1v) is 14.4. The van der Waals surface area contributed by atoms with E-state index >= 15 is 0 Å². The minimum Gasteiger partial charge on any atom is -0.492 e. The van der Waals surface area contributed by atoms with E-state index in [-0.39, 0.29) is 30.7 Å². The predicted molar refractivity (Wildman–Crippen MR) is 170 cm³/mol. The molecule has 1 amide bonds. The van der Waals surface area contributed by atoms with Gasteiger partial charge in [0.15, 0.2) is 5.78 Å². The fourth-order valence-corrected chi connectivity index (χ4v) is 4.66. The third-order valence-corrected chi connectivity index (χ3v) is 6.99. The van der Waals surface area contributed by atoms with Crippen molar-refractivity contribution in [1.82, 2.24) is 0 Å². The van der Waals surface area contributed by atoms with Crippen molar-refractivity contribution in [3.8, 4) is 5.75 Å². The Bertz CT molecular complexity index is 1570. The van der Waals surface area contributed by atoms with Gasteiger partial charge < -0.3 is 19.7 Å². The highest BCUT2D eigenvalue weighted by Gasteiger charge is 2.28. The van der Waals surface area contributed by atoms with Crippen LogP contribution >= 0.6 is 0 Å². The first-order chi connectivity index (χ1) is 21.1. The smallest absolute Gasteiger partial charge is 0.328 e. The second-order valence-electron chi connectivity index (χ2n) is 11.3. The van der Waals surface area contributed by atoms with E-state index in [9.17, 15) is 18.8 Å². The molecule has 0 aliphatic rings. The van der Waals surface area contributed by atoms with Crippen molar-refractivity contribution in [2.45, 2.75) is 33.2 Å². The first-order valence-electron chi connectivity index (χ1n) is 14.4. The number of amides is 1. The maximum absolute atomic E-state index is 13.5. The number of ether oxygens (including phenoxy) is 2. The van der Waals surface area contributed by atoms with Gasteiger partial charge in [0, 0.05) is 34.3 Å². The van der Waals surface area contributed by atoms with Crippen molar-refractivity contribution in [3.63, 3.8) is 0 Å². The van der Waals surface area contributed by atoms with E-state index in [0.717, 1.165) is 5.56 Å². The van der Waals surface area contributed by atoms with Gasteiger partial charge in [0.1, 0.15) is 24.2 Å². The van der Waals surface area contributed by atoms with Crippen LogP contribution < -0.4 is 15.0 Å². The maximum atomic E-state index is 13.5. The van der Waals surface area contributed by atoms with E-state index in [1.165, 1.54) is 19.2 Å². The Balaban J connectivity index is 1.42. The van der Waals surface area contributed by atoms with Crippen LogP contribution in [0, 0.1) is 11.2 Å². The van der Waals surface area contributed by atoms with Gasteiger partial charge in [-0.1, -0.05) is 75.4 Å². The van der Waals surface area contributed by atoms with Crippen molar-refractivity contribution in [2.75, 3.05) is 30.5 Å². The summed E-state index contributed by atoms with van der Waals surface area (Å²) in [6, 6.07) is 28.4. The van der Waals surface area contributed by atoms with E-state index < -0.39 is 17.4 Å². The van der Waals surface area contributed by atoms with E-state index in [4.69, 9.17) is 9.47 Å². The molecule has 0 spiro atoms. The molecule has 0 saturated heterocycles. The number of nitrogens with one attached hydrogen (secondary N) is 1. The molecule has 4 aromatic rings. The second-order valence-corrected chi connectivity index (χ2v) is 11.3. The van der Waals surface area contributed by atoms with Crippen molar-refractivity contribution < 1.29 is 28.2 Å². The molecule has 44 heavy (non-hydrogen) atoms. The Kier molecular flexibility index (Phi) is 10.5. The van der Waals surface area contributed by atoms with Crippen LogP contribution in [0.5, 0.6) is 5.75 Å². The predicted octanol–water partition coefficient (Wildman–Crippen LogP) is 6.71. The fourth-order valence-electron chi connectivity index (χ4n) is 4.66. The summed E-state index contributed by atoms with van der Waals surface area (Å²) in [5, 5.41) is 3.21. The Morgan fingerprint density at radius 3 is 2.11 bits per heavy atom. The second kappa shape index (κ2) is 14.5. The lowest BCUT2D eigenvalue weighted by molar-refractivity contribution is -0.141. The molecule has 4 rings (SSSR count). The van der Waals surface area contributed by atoms with E-state index in [0.29, 0.717) is 34.7 Å². The first kappa shape index (κ1) is 31.9. The highest BCUT2D eigenvalue weighted by atomic mass is 19.1. The molecule has 0 bridgehead atoms. The average Bonchev–Trinajstić information content (AvgIpc) is 3.03. The SMILES string of the molecule is COC(=O)C(Cc1ccc(OCCN(C(=O)C(C)(C)C)c2ccc(F)cc2)cc1)Nc1ccccc1C(=O)c1ccccc1. The molecular weight excluding hydrogens is 559 g/mol. The minimum atomic E-state index is -0.746. The van der Waals surface area contributed by atoms with Crippen LogP contribution in [-0.4, -0.2) is 44.0 Å². The molecule has 0 heterocycles. The van der Waals surface area contributed by atoms with Gasteiger partial charge >= 0.3 is 5.97 Å². The molecule has 0 saturated carbocycles. The van der Waals surface area contributed by atoms with Gasteiger partial charge in [-0.3, -0.25) is 9.59 Å². The van der Waals surface area contributed by atoms with Gasteiger partial charge in [0.25, 0.3) is 0 Å². The van der Waals surface area contributed by atoms with Gasteiger partial charge in [-0.2, -0.15) is 0 Å². The summed E-state index contributed by atoms with van der Waals surface area (Å²) < 4.78 is 24.5. The number of benzene rings is 4. The third kappa shape index (κ3) is 8.31. The summed E-state index contributed by atoms with van der Waals surface area (Å²) >= 11 is 0. The molecule has 0 radical (unpaired) electrons. The molecule has 228 valence electrons. The van der Waals surface area contributed by atoms with Crippen molar-refractivity contribution in [2.24, 2.45) is 5.41 Å². The number of anilines is 2. The number of carbonyl (C=O) groups is 3. The van der Waals surface area contributed by atoms with Gasteiger partial charge in [0.2, 0.25) is 5.91 Å². The van der Waals surface area contributed by atoms with Crippen LogP contribution in [0.15, 0.2) is 103 Å². The summed E-state index contributed by atoms with van der Waals surface area (Å²) in [4.78, 5) is 40.6. The number of halogens is 1. The number of esters is 1. The highest BCUT2D eigenvalue weighted by molar-refractivity contribution is 6.12. The highest BCUT2D eigenvalue weighted by Crippen LogP contribution is 2.25. The lowest BCUT2D eigenvalue weighted by Crippen LogP contribution is -2.41. The molecule has 0 aromatic heterocycles. The Morgan fingerprint density at radius 2 is 1.48 bits per heavy atom. The third-order valence-electron chi connectivity index (χ3n) is 6.99. The van der Waals surface area contributed by atoms with Crippen molar-refractivity contribution >= 4 is 29.0 Å². The molecule has 8 heteroatoms. The van der Waals surface area contributed by atoms with E-state index in [1.807, 2.05) is 39.0 Å². The average molecular weight is 597 g/mol. The van der Waals surface area contributed by atoms with Crippen LogP contribution in [0.1, 0.15) is 42.3 Å². The Morgan fingerprint density at radius 1 is 0.841 bits per heavy atom. The summed E-state index contributed by atoms with van der Waals surface area (Å²) in [6.07, 6.45) is 0.305. The molecule has 4 aromatic carbocycles. The molecule has 0 fully saturated rings. The molecular formula is C36H37FN2O5. The van der Waals surface area contributed by atoms with E-state index in [1.54, 1.807) is 77.7 Å². The van der Waals surface area contributed by atoms with E-state index in [2.05, 4.69) is 5.32 Å². The van der Waals surface area contributed by atoms with Crippen molar-refractivity contribution in [3.05, 3.63) is 126 Å². The zero-order valence-electron chi connectivity index (χ0n) is 25.4. The number of hydrogen-bond acceptors (Lipinski definition) is 6. The van der Waals surface area contributed by atoms with Gasteiger partial charge in [-0.05, 0) is 54.1 Å². The largest absolute Gasteiger partial charge is 0.492 e. The number of carbonyl (C=O) groups excluding carboxylic acids is 3. The van der Waals surface area contributed by atoms with Crippen LogP contribution in [0.3, 0.4) is 0 Å². The number of para-hydroxylation sites is 1. The number of rotatable bonds is 12. The zero-order valence-corrected chi connectivity index (χ0v) is 25.4. The zero-order chi connectivity index (χ0) is 31.7. The van der Waals surface area contributed by atoms with Gasteiger partial charge in [-0.25, -0.2) is 9.18 Å². The van der Waals surface area contributed by atoms with Gasteiger partial charge in [0.05, 0.1) is 13.7 Å². The van der Waals surface area contributed by atoms with Crippen LogP contribution in [0.2, 0.25) is 0 Å². The summed E-state index contributed by atoms with van der Waals surface area (Å²) in [5.74, 6) is -0.491. The Hall–Kier alpha value is -4.98. The number of hydrogen-bond donors (Lipinski definition) is 1. The van der Waals surface area contributed by atoms with Crippen LogP contribution in [0.4, 0.5) is 15.8 Å². The summed E-state index contributed by atoms with van der Waals surface area (Å²) in [5.41, 5.74) is 2.36. The summed E-state index contributed by atoms with van der Waals surface area (Å²) in [6.45, 7) is 6.00. The number of nitrogens with zero attached hydrogens (tertiary/aromatic N) is 1. The molecule has 1 unspecified atom stereocenters. The molecule has 1 atom stereocenters. The standard InChI is InChI=1S/C36H37FN2O5/c1-36(2,3)35(42)39(28-18-16-27(37)17-19-28)22-23-44-29-20-14-25(15-21-29)24-32(34(41)43-4)38-31-13-9-8-12-30(31)33(40)26-10-6-5-7-11-26/h5-21,32,38H,22-24H2,1-4H3. The van der Waals surface area contributed by atoms with Gasteiger partial charge in [-0.15, -0.1) is 0 Å². The normalized spacial score (nSPS) is 11.8. The molecule has 0 aliphatic carbocycles. The molecule has 0 aliphatic heterocycles. The lowest BCUT2D eigenvalue weighted by atomic mass is 9.94. The Labute approximate surface area is 257 Å². The quantitative estimate of drug-likeness (QED) is 0.145. The maximum Gasteiger partial charge on any atom is 0.328 e. The molecule has 1 N–H and O–H groups in total. The molecule has 7 nitrogen and oxygen atoms in total. The van der Waals surface area contributed by atoms with Crippen LogP contribution in [-0.2, 0) is 20.7 Å². The lowest BCUT2D eigenvalue weighted by Gasteiger charge is -2.29. The summed E-state index contributed by atoms with van der Waals surface area (Å²) in [7, 11) is 1.33. The minimum absolute atomic E-state index is 0.101. The topological polar surface area (TPSA) is 84.9 Å². The number of methoxy groups -OCH3 is 1. The van der Waals surface area contributed by atoms with Crippen LogP contribution in [0.25, 0.3) is 0 Å². The number of ketones is 1. The monoisotopic (exact) mass is 596 g/mol. The van der Waals surface area contributed by atoms with Crippen molar-refractivity contribution in [1.29, 1.82) is 0 Å².